The summed E-state index contributed by atoms with van der Waals surface area (Å²) < 4.78 is 15.9. The third kappa shape index (κ3) is 4.49. The minimum Gasteiger partial charge on any atom is -0.462 e. The van der Waals surface area contributed by atoms with Gasteiger partial charge in [-0.3, -0.25) is 10.1 Å². The Balaban J connectivity index is 1.77. The van der Waals surface area contributed by atoms with Crippen molar-refractivity contribution >= 4 is 34.7 Å². The van der Waals surface area contributed by atoms with Crippen LogP contribution in [-0.4, -0.2) is 23.5 Å². The molecule has 0 unspecified atom stereocenters. The molecular formula is C21H17NO7. The monoisotopic (exact) mass is 395 g/mol. The van der Waals surface area contributed by atoms with E-state index in [0.29, 0.717) is 27.9 Å². The standard InChI is InChI=1S/C21H17NO7/c1-3-27-21(24)20-13(2)28-18-10-9-16(12-17(18)20)29-19(23)11-6-14-4-7-15(8-5-14)22(25)26/h4-12H,3H2,1-2H3. The molecule has 3 rings (SSSR count). The van der Waals surface area contributed by atoms with E-state index in [4.69, 9.17) is 13.9 Å². The number of nitro groups is 1. The first-order valence-corrected chi connectivity index (χ1v) is 8.73. The molecule has 8 nitrogen and oxygen atoms in total. The van der Waals surface area contributed by atoms with Gasteiger partial charge in [0.05, 0.1) is 11.5 Å². The van der Waals surface area contributed by atoms with E-state index in [1.165, 1.54) is 42.5 Å². The Labute approximate surface area is 165 Å². The van der Waals surface area contributed by atoms with Gasteiger partial charge < -0.3 is 13.9 Å². The number of ether oxygens (including phenoxy) is 2. The normalized spacial score (nSPS) is 11.0. The number of fused-ring (bicyclic) bond motifs is 1. The Morgan fingerprint density at radius 3 is 2.55 bits per heavy atom. The molecule has 0 bridgehead atoms. The van der Waals surface area contributed by atoms with E-state index in [0.717, 1.165) is 0 Å². The molecule has 0 saturated heterocycles. The molecule has 0 fully saturated rings. The van der Waals surface area contributed by atoms with Crippen molar-refractivity contribution in [1.29, 1.82) is 0 Å². The van der Waals surface area contributed by atoms with E-state index in [2.05, 4.69) is 0 Å². The molecule has 29 heavy (non-hydrogen) atoms. The fraction of sp³-hybridized carbons (Fsp3) is 0.143. The van der Waals surface area contributed by atoms with Gasteiger partial charge in [0, 0.05) is 23.6 Å². The second-order valence-corrected chi connectivity index (χ2v) is 6.01. The summed E-state index contributed by atoms with van der Waals surface area (Å²) >= 11 is 0. The zero-order chi connectivity index (χ0) is 21.0. The number of esters is 2. The Kier molecular flexibility index (Phi) is 5.73. The van der Waals surface area contributed by atoms with Gasteiger partial charge in [0.15, 0.2) is 0 Å². The number of nitro benzene ring substituents is 1. The largest absolute Gasteiger partial charge is 0.462 e. The second kappa shape index (κ2) is 8.39. The van der Waals surface area contributed by atoms with Gasteiger partial charge in [-0.25, -0.2) is 9.59 Å². The van der Waals surface area contributed by atoms with Crippen LogP contribution < -0.4 is 4.74 Å². The molecule has 0 aliphatic heterocycles. The molecule has 0 saturated carbocycles. The predicted octanol–water partition coefficient (Wildman–Crippen LogP) is 4.44. The van der Waals surface area contributed by atoms with Crippen LogP contribution in [0.3, 0.4) is 0 Å². The number of furan rings is 1. The molecule has 0 radical (unpaired) electrons. The Bertz CT molecular complexity index is 1110. The lowest BCUT2D eigenvalue weighted by molar-refractivity contribution is -0.384. The summed E-state index contributed by atoms with van der Waals surface area (Å²) in [6.45, 7) is 3.60. The Morgan fingerprint density at radius 1 is 1.17 bits per heavy atom. The van der Waals surface area contributed by atoms with Crippen LogP contribution in [0.2, 0.25) is 0 Å². The van der Waals surface area contributed by atoms with E-state index < -0.39 is 16.9 Å². The van der Waals surface area contributed by atoms with E-state index in [-0.39, 0.29) is 18.0 Å². The van der Waals surface area contributed by atoms with Crippen LogP contribution in [0.1, 0.15) is 28.6 Å². The van der Waals surface area contributed by atoms with E-state index >= 15 is 0 Å². The molecule has 0 atom stereocenters. The van der Waals surface area contributed by atoms with Crippen molar-refractivity contribution in [3.8, 4) is 5.75 Å². The van der Waals surface area contributed by atoms with Crippen molar-refractivity contribution < 1.29 is 28.4 Å². The minimum atomic E-state index is -0.638. The molecular weight excluding hydrogens is 378 g/mol. The summed E-state index contributed by atoms with van der Waals surface area (Å²) in [6.07, 6.45) is 2.69. The highest BCUT2D eigenvalue weighted by molar-refractivity contribution is 6.05. The van der Waals surface area contributed by atoms with Crippen molar-refractivity contribution in [2.75, 3.05) is 6.61 Å². The smallest absolute Gasteiger partial charge is 0.342 e. The number of non-ortho nitro benzene ring substituents is 1. The minimum absolute atomic E-state index is 0.0363. The Hall–Kier alpha value is -3.94. The highest BCUT2D eigenvalue weighted by atomic mass is 16.6. The fourth-order valence-corrected chi connectivity index (χ4v) is 2.74. The number of rotatable bonds is 6. The van der Waals surface area contributed by atoms with Crippen molar-refractivity contribution in [3.63, 3.8) is 0 Å². The summed E-state index contributed by atoms with van der Waals surface area (Å²) in [5, 5.41) is 11.1. The zero-order valence-corrected chi connectivity index (χ0v) is 15.7. The van der Waals surface area contributed by atoms with Crippen LogP contribution in [0.4, 0.5) is 5.69 Å². The Morgan fingerprint density at radius 2 is 1.90 bits per heavy atom. The summed E-state index contributed by atoms with van der Waals surface area (Å²) in [5.74, 6) is -0.493. The molecule has 0 aliphatic rings. The molecule has 0 N–H and O–H groups in total. The quantitative estimate of drug-likeness (QED) is 0.199. The van der Waals surface area contributed by atoms with Gasteiger partial charge in [0.25, 0.3) is 5.69 Å². The number of benzene rings is 2. The van der Waals surface area contributed by atoms with Gasteiger partial charge in [0.2, 0.25) is 0 Å². The zero-order valence-electron chi connectivity index (χ0n) is 15.7. The highest BCUT2D eigenvalue weighted by Gasteiger charge is 2.20. The topological polar surface area (TPSA) is 109 Å². The third-order valence-electron chi connectivity index (χ3n) is 4.05. The van der Waals surface area contributed by atoms with Crippen molar-refractivity contribution in [2.45, 2.75) is 13.8 Å². The van der Waals surface area contributed by atoms with E-state index in [1.54, 1.807) is 26.0 Å². The van der Waals surface area contributed by atoms with Crippen LogP contribution in [0.5, 0.6) is 5.75 Å². The maximum absolute atomic E-state index is 12.2. The lowest BCUT2D eigenvalue weighted by atomic mass is 10.1. The summed E-state index contributed by atoms with van der Waals surface area (Å²) in [7, 11) is 0. The molecule has 2 aromatic carbocycles. The molecule has 1 heterocycles. The van der Waals surface area contributed by atoms with Crippen LogP contribution >= 0.6 is 0 Å². The van der Waals surface area contributed by atoms with Crippen molar-refractivity contribution in [2.24, 2.45) is 0 Å². The average Bonchev–Trinajstić information content (AvgIpc) is 3.02. The van der Waals surface area contributed by atoms with Crippen LogP contribution in [0.25, 0.3) is 17.0 Å². The van der Waals surface area contributed by atoms with Gasteiger partial charge in [-0.05, 0) is 55.8 Å². The van der Waals surface area contributed by atoms with Crippen LogP contribution in [0, 0.1) is 17.0 Å². The lowest BCUT2D eigenvalue weighted by Gasteiger charge is -2.03. The maximum Gasteiger partial charge on any atom is 0.342 e. The van der Waals surface area contributed by atoms with Gasteiger partial charge in [-0.15, -0.1) is 0 Å². The number of hydrogen-bond donors (Lipinski definition) is 0. The first kappa shape index (κ1) is 19.8. The maximum atomic E-state index is 12.2. The molecule has 8 heteroatoms. The average molecular weight is 395 g/mol. The van der Waals surface area contributed by atoms with Crippen molar-refractivity contribution in [1.82, 2.24) is 0 Å². The van der Waals surface area contributed by atoms with E-state index in [1.807, 2.05) is 0 Å². The number of nitrogens with zero attached hydrogens (tertiary/aromatic N) is 1. The van der Waals surface area contributed by atoms with Crippen LogP contribution in [-0.2, 0) is 9.53 Å². The SMILES string of the molecule is CCOC(=O)c1c(C)oc2ccc(OC(=O)C=Cc3ccc([N+](=O)[O-])cc3)cc12. The van der Waals surface area contributed by atoms with Gasteiger partial charge in [-0.2, -0.15) is 0 Å². The fourth-order valence-electron chi connectivity index (χ4n) is 2.74. The first-order valence-electron chi connectivity index (χ1n) is 8.73. The summed E-state index contributed by atoms with van der Waals surface area (Å²) in [5.41, 5.74) is 1.34. The number of hydrogen-bond acceptors (Lipinski definition) is 7. The van der Waals surface area contributed by atoms with Gasteiger partial charge in [-0.1, -0.05) is 0 Å². The van der Waals surface area contributed by atoms with E-state index in [9.17, 15) is 19.7 Å². The van der Waals surface area contributed by atoms with Gasteiger partial charge >= 0.3 is 11.9 Å². The van der Waals surface area contributed by atoms with Gasteiger partial charge in [0.1, 0.15) is 22.7 Å². The van der Waals surface area contributed by atoms with Crippen LogP contribution in [0.15, 0.2) is 53.0 Å². The molecule has 0 spiro atoms. The number of carbonyl (C=O) groups excluding carboxylic acids is 2. The molecule has 0 aliphatic carbocycles. The predicted molar refractivity (Wildman–Crippen MR) is 105 cm³/mol. The molecule has 1 aromatic heterocycles. The summed E-state index contributed by atoms with van der Waals surface area (Å²) in [6, 6.07) is 10.4. The molecule has 0 amide bonds. The third-order valence-corrected chi connectivity index (χ3v) is 4.05. The van der Waals surface area contributed by atoms with Crippen molar-refractivity contribution in [3.05, 3.63) is 75.5 Å². The number of aryl methyl sites for hydroxylation is 1. The molecule has 148 valence electrons. The lowest BCUT2D eigenvalue weighted by Crippen LogP contribution is -2.06. The number of carbonyl (C=O) groups is 2. The molecule has 3 aromatic rings. The first-order chi connectivity index (χ1) is 13.9. The summed E-state index contributed by atoms with van der Waals surface area (Å²) in [4.78, 5) is 34.4. The highest BCUT2D eigenvalue weighted by Crippen LogP contribution is 2.29. The second-order valence-electron chi connectivity index (χ2n) is 6.01.